The number of benzene rings is 3. The Hall–Kier alpha value is -3.71. The van der Waals surface area contributed by atoms with Gasteiger partial charge >= 0.3 is 5.69 Å². The Morgan fingerprint density at radius 1 is 1.12 bits per heavy atom. The van der Waals surface area contributed by atoms with Crippen molar-refractivity contribution in [3.63, 3.8) is 0 Å². The lowest BCUT2D eigenvalue weighted by Crippen LogP contribution is -2.31. The summed E-state index contributed by atoms with van der Waals surface area (Å²) in [5, 5.41) is 15.5. The third kappa shape index (κ3) is 3.62. The van der Waals surface area contributed by atoms with Gasteiger partial charge in [0.25, 0.3) is 0 Å². The highest BCUT2D eigenvalue weighted by Gasteiger charge is 2.27. The van der Waals surface area contributed by atoms with Crippen LogP contribution in [0, 0.1) is 10.1 Å². The largest absolute Gasteiger partial charge is 0.493 e. The van der Waals surface area contributed by atoms with Gasteiger partial charge in [0.15, 0.2) is 5.75 Å². The molecule has 0 fully saturated rings. The molecule has 0 atom stereocenters. The number of fused-ring (bicyclic) bond motifs is 5. The van der Waals surface area contributed by atoms with Gasteiger partial charge in [0.2, 0.25) is 5.75 Å². The Kier molecular flexibility index (Phi) is 5.79. The van der Waals surface area contributed by atoms with Gasteiger partial charge in [-0.2, -0.15) is 0 Å². The van der Waals surface area contributed by atoms with E-state index in [1.54, 1.807) is 19.1 Å². The summed E-state index contributed by atoms with van der Waals surface area (Å²) in [6.07, 6.45) is 0.902. The molecule has 4 aromatic rings. The van der Waals surface area contributed by atoms with Gasteiger partial charge in [-0.25, -0.2) is 4.98 Å². The molecular weight excluding hydrogens is 430 g/mol. The lowest BCUT2D eigenvalue weighted by atomic mass is 9.89. The van der Waals surface area contributed by atoms with E-state index < -0.39 is 4.92 Å². The van der Waals surface area contributed by atoms with Crippen molar-refractivity contribution < 1.29 is 14.4 Å². The lowest BCUT2D eigenvalue weighted by molar-refractivity contribution is -0.385. The van der Waals surface area contributed by atoms with Crippen LogP contribution in [0.15, 0.2) is 48.5 Å². The summed E-state index contributed by atoms with van der Waals surface area (Å²) in [4.78, 5) is 19.0. The van der Waals surface area contributed by atoms with E-state index in [2.05, 4.69) is 36.1 Å². The number of nitro benzene ring substituents is 1. The second-order valence-electron chi connectivity index (χ2n) is 8.43. The average molecular weight is 458 g/mol. The predicted octanol–water partition coefficient (Wildman–Crippen LogP) is 5.75. The van der Waals surface area contributed by atoms with E-state index in [1.165, 1.54) is 28.8 Å². The van der Waals surface area contributed by atoms with E-state index in [0.29, 0.717) is 17.9 Å². The molecule has 1 aromatic heterocycles. The highest BCUT2D eigenvalue weighted by atomic mass is 16.6. The van der Waals surface area contributed by atoms with Crippen LogP contribution in [-0.4, -0.2) is 41.6 Å². The van der Waals surface area contributed by atoms with Crippen molar-refractivity contribution in [2.45, 2.75) is 26.8 Å². The van der Waals surface area contributed by atoms with E-state index in [9.17, 15) is 10.1 Å². The molecular formula is C27H27N3O4. The molecule has 0 bridgehead atoms. The molecule has 1 aliphatic rings. The van der Waals surface area contributed by atoms with Gasteiger partial charge in [-0.1, -0.05) is 37.3 Å². The number of nitro groups is 1. The fraction of sp³-hybridized carbons (Fsp3) is 0.296. The quantitative estimate of drug-likeness (QED) is 0.208. The van der Waals surface area contributed by atoms with Crippen LogP contribution >= 0.6 is 0 Å². The number of pyridine rings is 1. The van der Waals surface area contributed by atoms with Crippen molar-refractivity contribution in [3.8, 4) is 22.8 Å². The smallest absolute Gasteiger partial charge is 0.315 e. The standard InChI is InChI=1S/C27H27N3O4/c1-4-29-13-12-20-21(16-29)26(28-22-11-10-17-8-6-7-9-19(17)25(20)22)18-14-23(30(31)32)27(34-5-2)24(15-18)33-3/h6-11,14-15H,4-5,12-13,16H2,1-3H3. The number of ether oxygens (including phenoxy) is 2. The zero-order valence-electron chi connectivity index (χ0n) is 19.6. The maximum atomic E-state index is 11.9. The van der Waals surface area contributed by atoms with E-state index in [0.717, 1.165) is 42.8 Å². The minimum atomic E-state index is -0.420. The molecule has 5 rings (SSSR count). The number of rotatable bonds is 6. The van der Waals surface area contributed by atoms with Crippen LogP contribution in [0.5, 0.6) is 11.5 Å². The first kappa shape index (κ1) is 22.1. The second-order valence-corrected chi connectivity index (χ2v) is 8.43. The minimum Gasteiger partial charge on any atom is -0.493 e. The van der Waals surface area contributed by atoms with Crippen molar-refractivity contribution in [1.82, 2.24) is 9.88 Å². The van der Waals surface area contributed by atoms with E-state index in [-0.39, 0.29) is 11.4 Å². The summed E-state index contributed by atoms with van der Waals surface area (Å²) >= 11 is 0. The number of aromatic nitrogens is 1. The van der Waals surface area contributed by atoms with Gasteiger partial charge in [-0.15, -0.1) is 0 Å². The Balaban J connectivity index is 1.83. The molecule has 0 spiro atoms. The molecule has 0 unspecified atom stereocenters. The summed E-state index contributed by atoms with van der Waals surface area (Å²) in [7, 11) is 1.50. The number of methoxy groups -OCH3 is 1. The molecule has 174 valence electrons. The first-order valence-corrected chi connectivity index (χ1v) is 11.6. The van der Waals surface area contributed by atoms with E-state index in [4.69, 9.17) is 14.5 Å². The first-order valence-electron chi connectivity index (χ1n) is 11.6. The van der Waals surface area contributed by atoms with E-state index in [1.807, 2.05) is 12.1 Å². The lowest BCUT2D eigenvalue weighted by Gasteiger charge is -2.30. The normalized spacial score (nSPS) is 13.7. The number of nitrogens with zero attached hydrogens (tertiary/aromatic N) is 3. The zero-order chi connectivity index (χ0) is 23.8. The topological polar surface area (TPSA) is 77.7 Å². The molecule has 2 heterocycles. The molecule has 7 nitrogen and oxygen atoms in total. The van der Waals surface area contributed by atoms with Gasteiger partial charge in [0.05, 0.1) is 29.9 Å². The summed E-state index contributed by atoms with van der Waals surface area (Å²) in [6, 6.07) is 15.9. The van der Waals surface area contributed by atoms with Crippen LogP contribution < -0.4 is 9.47 Å². The summed E-state index contributed by atoms with van der Waals surface area (Å²) in [5.74, 6) is 0.484. The molecule has 0 aliphatic carbocycles. The third-order valence-electron chi connectivity index (χ3n) is 6.61. The molecule has 0 N–H and O–H groups in total. The second kappa shape index (κ2) is 8.91. The third-order valence-corrected chi connectivity index (χ3v) is 6.61. The van der Waals surface area contributed by atoms with Gasteiger partial charge in [0.1, 0.15) is 0 Å². The van der Waals surface area contributed by atoms with Crippen LogP contribution in [-0.2, 0) is 13.0 Å². The average Bonchev–Trinajstić information content (AvgIpc) is 2.87. The molecule has 0 radical (unpaired) electrons. The fourth-order valence-electron chi connectivity index (χ4n) is 4.98. The molecule has 0 saturated heterocycles. The number of likely N-dealkylation sites (N-methyl/N-ethyl adjacent to an activating group) is 1. The first-order chi connectivity index (χ1) is 16.5. The van der Waals surface area contributed by atoms with Crippen LogP contribution in [0.4, 0.5) is 5.69 Å². The SMILES string of the molecule is CCOc1c(OC)cc(-c2nc3ccc4ccccc4c3c3c2CN(CC)CC3)cc1[N+](=O)[O-]. The highest BCUT2D eigenvalue weighted by molar-refractivity contribution is 6.09. The monoisotopic (exact) mass is 457 g/mol. The van der Waals surface area contributed by atoms with Crippen LogP contribution in [0.1, 0.15) is 25.0 Å². The van der Waals surface area contributed by atoms with Crippen LogP contribution in [0.25, 0.3) is 32.9 Å². The van der Waals surface area contributed by atoms with Crippen molar-refractivity contribution in [2.24, 2.45) is 0 Å². The van der Waals surface area contributed by atoms with Crippen molar-refractivity contribution in [3.05, 3.63) is 69.8 Å². The maximum Gasteiger partial charge on any atom is 0.315 e. The Morgan fingerprint density at radius 2 is 1.94 bits per heavy atom. The van der Waals surface area contributed by atoms with Crippen molar-refractivity contribution in [2.75, 3.05) is 26.8 Å². The summed E-state index contributed by atoms with van der Waals surface area (Å²) in [6.45, 7) is 6.90. The van der Waals surface area contributed by atoms with Gasteiger partial charge in [-0.3, -0.25) is 15.0 Å². The fourth-order valence-corrected chi connectivity index (χ4v) is 4.98. The van der Waals surface area contributed by atoms with Crippen molar-refractivity contribution in [1.29, 1.82) is 0 Å². The molecule has 34 heavy (non-hydrogen) atoms. The minimum absolute atomic E-state index is 0.117. The number of hydrogen-bond acceptors (Lipinski definition) is 6. The van der Waals surface area contributed by atoms with Crippen molar-refractivity contribution >= 4 is 27.4 Å². The van der Waals surface area contributed by atoms with Gasteiger partial charge in [-0.05, 0) is 53.9 Å². The van der Waals surface area contributed by atoms with Crippen LogP contribution in [0.2, 0.25) is 0 Å². The number of hydrogen-bond donors (Lipinski definition) is 0. The molecule has 0 amide bonds. The maximum absolute atomic E-state index is 11.9. The molecule has 1 aliphatic heterocycles. The predicted molar refractivity (Wildman–Crippen MR) is 134 cm³/mol. The molecule has 0 saturated carbocycles. The van der Waals surface area contributed by atoms with Gasteiger partial charge in [0, 0.05) is 30.1 Å². The summed E-state index contributed by atoms with van der Waals surface area (Å²) in [5.41, 5.74) is 4.60. The molecule has 7 heteroatoms. The van der Waals surface area contributed by atoms with Crippen LogP contribution in [0.3, 0.4) is 0 Å². The Morgan fingerprint density at radius 3 is 2.68 bits per heavy atom. The molecule has 3 aromatic carbocycles. The van der Waals surface area contributed by atoms with Gasteiger partial charge < -0.3 is 9.47 Å². The Bertz CT molecular complexity index is 1420. The zero-order valence-corrected chi connectivity index (χ0v) is 19.6. The van der Waals surface area contributed by atoms with E-state index >= 15 is 0 Å². The Labute approximate surface area is 198 Å². The highest BCUT2D eigenvalue weighted by Crippen LogP contribution is 2.44. The summed E-state index contributed by atoms with van der Waals surface area (Å²) < 4.78 is 11.1.